The molecule has 1 aliphatic rings. The Labute approximate surface area is 150 Å². The highest BCUT2D eigenvalue weighted by Gasteiger charge is 2.25. The predicted molar refractivity (Wildman–Crippen MR) is 100 cm³/mol. The lowest BCUT2D eigenvalue weighted by molar-refractivity contribution is 0.0642. The van der Waals surface area contributed by atoms with Crippen LogP contribution in [0.2, 0.25) is 0 Å². The van der Waals surface area contributed by atoms with Crippen molar-refractivity contribution in [1.29, 1.82) is 0 Å². The normalized spacial score (nSPS) is 15.3. The number of hydrogen-bond donors (Lipinski definition) is 1. The van der Waals surface area contributed by atoms with Gasteiger partial charge in [0, 0.05) is 23.8 Å². The van der Waals surface area contributed by atoms with E-state index in [4.69, 9.17) is 0 Å². The lowest BCUT2D eigenvalue weighted by Gasteiger charge is -2.34. The van der Waals surface area contributed by atoms with Crippen LogP contribution in [0.3, 0.4) is 0 Å². The van der Waals surface area contributed by atoms with Crippen molar-refractivity contribution in [3.05, 3.63) is 47.3 Å². The largest absolute Gasteiger partial charge is 0.336 e. The molecule has 1 aliphatic heterocycles. The van der Waals surface area contributed by atoms with E-state index in [0.29, 0.717) is 6.04 Å². The van der Waals surface area contributed by atoms with Crippen molar-refractivity contribution in [3.8, 4) is 5.69 Å². The summed E-state index contributed by atoms with van der Waals surface area (Å²) in [5, 5.41) is 7.88. The smallest absolute Gasteiger partial charge is 0.254 e. The van der Waals surface area contributed by atoms with Gasteiger partial charge in [-0.3, -0.25) is 4.79 Å². The number of nitrogens with zero attached hydrogens (tertiary/aromatic N) is 3. The first kappa shape index (κ1) is 17.7. The van der Waals surface area contributed by atoms with Crippen molar-refractivity contribution in [2.75, 3.05) is 19.6 Å². The third-order valence-electron chi connectivity index (χ3n) is 4.84. The second-order valence-electron chi connectivity index (χ2n) is 6.87. The number of piperidine rings is 1. The third-order valence-corrected chi connectivity index (χ3v) is 4.84. The highest BCUT2D eigenvalue weighted by atomic mass is 16.2. The zero-order valence-electron chi connectivity index (χ0n) is 15.5. The van der Waals surface area contributed by atoms with Crippen molar-refractivity contribution < 1.29 is 4.79 Å². The fourth-order valence-electron chi connectivity index (χ4n) is 3.61. The summed E-state index contributed by atoms with van der Waals surface area (Å²) in [4.78, 5) is 15.1. The number of aromatic nitrogens is 2. The first-order valence-electron chi connectivity index (χ1n) is 9.25. The molecule has 25 heavy (non-hydrogen) atoms. The summed E-state index contributed by atoms with van der Waals surface area (Å²) in [5.41, 5.74) is 3.85. The monoisotopic (exact) mass is 340 g/mol. The quantitative estimate of drug-likeness (QED) is 0.910. The Hall–Kier alpha value is -2.14. The molecule has 0 aliphatic carbocycles. The SMILES string of the molecule is CCCN(C(=O)c1ccc(-n2nc(C)cc2C)cc1)C1CCNCC1. The van der Waals surface area contributed by atoms with Crippen LogP contribution in [0.15, 0.2) is 30.3 Å². The molecule has 1 amide bonds. The van der Waals surface area contributed by atoms with E-state index in [0.717, 1.165) is 61.5 Å². The maximum Gasteiger partial charge on any atom is 0.254 e. The van der Waals surface area contributed by atoms with Crippen molar-refractivity contribution in [3.63, 3.8) is 0 Å². The number of aryl methyl sites for hydroxylation is 2. The summed E-state index contributed by atoms with van der Waals surface area (Å²) in [6.45, 7) is 8.97. The molecule has 1 aromatic carbocycles. The van der Waals surface area contributed by atoms with E-state index in [1.807, 2.05) is 42.8 Å². The number of hydrogen-bond acceptors (Lipinski definition) is 3. The van der Waals surface area contributed by atoms with Gasteiger partial charge in [-0.05, 0) is 76.5 Å². The summed E-state index contributed by atoms with van der Waals surface area (Å²) in [6, 6.07) is 10.2. The molecule has 0 unspecified atom stereocenters. The lowest BCUT2D eigenvalue weighted by Crippen LogP contribution is -2.46. The Morgan fingerprint density at radius 2 is 1.92 bits per heavy atom. The van der Waals surface area contributed by atoms with Crippen molar-refractivity contribution >= 4 is 5.91 Å². The topological polar surface area (TPSA) is 50.2 Å². The molecule has 0 atom stereocenters. The average molecular weight is 340 g/mol. The van der Waals surface area contributed by atoms with Crippen molar-refractivity contribution in [1.82, 2.24) is 20.0 Å². The van der Waals surface area contributed by atoms with Crippen molar-refractivity contribution in [2.45, 2.75) is 46.1 Å². The number of carbonyl (C=O) groups excluding carboxylic acids is 1. The zero-order valence-corrected chi connectivity index (χ0v) is 15.5. The van der Waals surface area contributed by atoms with Gasteiger partial charge in [-0.25, -0.2) is 4.68 Å². The van der Waals surface area contributed by atoms with Gasteiger partial charge >= 0.3 is 0 Å². The minimum absolute atomic E-state index is 0.147. The first-order chi connectivity index (χ1) is 12.1. The molecule has 134 valence electrons. The van der Waals surface area contributed by atoms with Gasteiger partial charge in [-0.1, -0.05) is 6.92 Å². The Kier molecular flexibility index (Phi) is 5.53. The Morgan fingerprint density at radius 1 is 1.24 bits per heavy atom. The van der Waals surface area contributed by atoms with E-state index in [1.54, 1.807) is 0 Å². The Morgan fingerprint density at radius 3 is 2.48 bits per heavy atom. The zero-order chi connectivity index (χ0) is 17.8. The van der Waals surface area contributed by atoms with Gasteiger partial charge in [0.1, 0.15) is 0 Å². The average Bonchev–Trinajstić information content (AvgIpc) is 2.98. The van der Waals surface area contributed by atoms with Crippen LogP contribution < -0.4 is 5.32 Å². The molecule has 3 rings (SSSR count). The molecular weight excluding hydrogens is 312 g/mol. The summed E-state index contributed by atoms with van der Waals surface area (Å²) in [5.74, 6) is 0.147. The van der Waals surface area contributed by atoms with E-state index in [-0.39, 0.29) is 5.91 Å². The molecule has 0 bridgehead atoms. The summed E-state index contributed by atoms with van der Waals surface area (Å²) < 4.78 is 1.92. The number of nitrogens with one attached hydrogen (secondary N) is 1. The van der Waals surface area contributed by atoms with E-state index >= 15 is 0 Å². The molecule has 5 nitrogen and oxygen atoms in total. The number of carbonyl (C=O) groups is 1. The van der Waals surface area contributed by atoms with Gasteiger partial charge in [0.15, 0.2) is 0 Å². The van der Waals surface area contributed by atoms with E-state index < -0.39 is 0 Å². The van der Waals surface area contributed by atoms with Gasteiger partial charge < -0.3 is 10.2 Å². The van der Waals surface area contributed by atoms with Crippen LogP contribution in [-0.4, -0.2) is 46.3 Å². The maximum absolute atomic E-state index is 13.0. The predicted octanol–water partition coefficient (Wildman–Crippen LogP) is 3.09. The van der Waals surface area contributed by atoms with Gasteiger partial charge in [-0.15, -0.1) is 0 Å². The molecular formula is C20H28N4O. The molecule has 0 radical (unpaired) electrons. The molecule has 1 saturated heterocycles. The van der Waals surface area contributed by atoms with Crippen molar-refractivity contribution in [2.24, 2.45) is 0 Å². The minimum atomic E-state index is 0.147. The summed E-state index contributed by atoms with van der Waals surface area (Å²) in [7, 11) is 0. The van der Waals surface area contributed by atoms with E-state index in [2.05, 4.69) is 28.3 Å². The molecule has 0 saturated carbocycles. The van der Waals surface area contributed by atoms with Crippen LogP contribution in [0.25, 0.3) is 5.69 Å². The lowest BCUT2D eigenvalue weighted by atomic mass is 10.0. The molecule has 1 fully saturated rings. The molecule has 1 N–H and O–H groups in total. The van der Waals surface area contributed by atoms with E-state index in [9.17, 15) is 4.79 Å². The van der Waals surface area contributed by atoms with E-state index in [1.165, 1.54) is 0 Å². The number of rotatable bonds is 5. The van der Waals surface area contributed by atoms with Gasteiger partial charge in [-0.2, -0.15) is 5.10 Å². The number of benzene rings is 1. The Balaban J connectivity index is 1.79. The van der Waals surface area contributed by atoms with Crippen LogP contribution in [-0.2, 0) is 0 Å². The van der Waals surface area contributed by atoms with Gasteiger partial charge in [0.05, 0.1) is 11.4 Å². The van der Waals surface area contributed by atoms with Crippen LogP contribution >= 0.6 is 0 Å². The van der Waals surface area contributed by atoms with Crippen LogP contribution in [0, 0.1) is 13.8 Å². The summed E-state index contributed by atoms with van der Waals surface area (Å²) in [6.07, 6.45) is 3.06. The second kappa shape index (κ2) is 7.83. The fourth-order valence-corrected chi connectivity index (χ4v) is 3.61. The maximum atomic E-state index is 13.0. The highest BCUT2D eigenvalue weighted by molar-refractivity contribution is 5.94. The minimum Gasteiger partial charge on any atom is -0.336 e. The van der Waals surface area contributed by atoms with Gasteiger partial charge in [0.25, 0.3) is 5.91 Å². The van der Waals surface area contributed by atoms with Crippen LogP contribution in [0.5, 0.6) is 0 Å². The highest BCUT2D eigenvalue weighted by Crippen LogP contribution is 2.18. The fraction of sp³-hybridized carbons (Fsp3) is 0.500. The number of amides is 1. The van der Waals surface area contributed by atoms with Crippen LogP contribution in [0.1, 0.15) is 47.9 Å². The first-order valence-corrected chi connectivity index (χ1v) is 9.25. The second-order valence-corrected chi connectivity index (χ2v) is 6.87. The molecule has 2 aromatic rings. The molecule has 2 heterocycles. The summed E-state index contributed by atoms with van der Waals surface area (Å²) >= 11 is 0. The third kappa shape index (κ3) is 3.93. The molecule has 0 spiro atoms. The molecule has 1 aromatic heterocycles. The standard InChI is InChI=1S/C20H28N4O/c1-4-13-23(18-9-11-21-12-10-18)20(25)17-5-7-19(8-6-17)24-16(3)14-15(2)22-24/h5-8,14,18,21H,4,9-13H2,1-3H3. The Bertz CT molecular complexity index is 714. The van der Waals surface area contributed by atoms with Crippen LogP contribution in [0.4, 0.5) is 0 Å². The molecule has 5 heteroatoms. The van der Waals surface area contributed by atoms with Gasteiger partial charge in [0.2, 0.25) is 0 Å².